The molecule has 0 aromatic heterocycles. The quantitative estimate of drug-likeness (QED) is 0.443. The maximum atomic E-state index is 12.9. The van der Waals surface area contributed by atoms with E-state index in [9.17, 15) is 13.2 Å². The molecule has 10 heteroatoms. The van der Waals surface area contributed by atoms with Gasteiger partial charge in [-0.05, 0) is 61.0 Å². The van der Waals surface area contributed by atoms with Gasteiger partial charge in [-0.1, -0.05) is 23.8 Å². The molecule has 1 heterocycles. The van der Waals surface area contributed by atoms with Crippen LogP contribution in [-0.4, -0.2) is 59.6 Å². The van der Waals surface area contributed by atoms with Crippen molar-refractivity contribution in [2.75, 3.05) is 54.7 Å². The number of benzene rings is 3. The van der Waals surface area contributed by atoms with Gasteiger partial charge in [-0.25, -0.2) is 0 Å². The van der Waals surface area contributed by atoms with Crippen LogP contribution < -0.4 is 23.8 Å². The third kappa shape index (κ3) is 6.85. The minimum absolute atomic E-state index is 0.0673. The van der Waals surface area contributed by atoms with E-state index in [1.807, 2.05) is 54.3 Å². The number of nitrogens with zero attached hydrogens (tertiary/aromatic N) is 2. The van der Waals surface area contributed by atoms with Crippen LogP contribution in [0, 0.1) is 6.92 Å². The molecule has 1 fully saturated rings. The van der Waals surface area contributed by atoms with Crippen molar-refractivity contribution >= 4 is 33.2 Å². The van der Waals surface area contributed by atoms with Gasteiger partial charge < -0.3 is 19.3 Å². The summed E-state index contributed by atoms with van der Waals surface area (Å²) >= 11 is 0. The molecule has 0 radical (unpaired) electrons. The highest BCUT2D eigenvalue weighted by molar-refractivity contribution is 7.94. The van der Waals surface area contributed by atoms with Crippen molar-refractivity contribution in [1.29, 1.82) is 0 Å². The number of methoxy groups -OCH3 is 2. The van der Waals surface area contributed by atoms with E-state index in [2.05, 4.69) is 14.3 Å². The Bertz CT molecular complexity index is 1320. The summed E-state index contributed by atoms with van der Waals surface area (Å²) in [7, 11) is -0.605. The van der Waals surface area contributed by atoms with Crippen LogP contribution in [0.5, 0.6) is 11.5 Å². The lowest BCUT2D eigenvalue weighted by Gasteiger charge is -2.36. The third-order valence-electron chi connectivity index (χ3n) is 6.22. The Balaban J connectivity index is 1.29. The van der Waals surface area contributed by atoms with Crippen LogP contribution in [0.2, 0.25) is 0 Å². The van der Waals surface area contributed by atoms with Gasteiger partial charge in [0, 0.05) is 31.9 Å². The van der Waals surface area contributed by atoms with Gasteiger partial charge in [0.25, 0.3) is 0 Å². The molecule has 4 rings (SSSR count). The van der Waals surface area contributed by atoms with Crippen LogP contribution in [-0.2, 0) is 21.4 Å². The minimum atomic E-state index is -3.76. The van der Waals surface area contributed by atoms with E-state index in [-0.39, 0.29) is 5.91 Å². The highest BCUT2D eigenvalue weighted by atomic mass is 32.2. The summed E-state index contributed by atoms with van der Waals surface area (Å²) in [5, 5.41) is 0. The number of carbonyl (C=O) groups excluding carboxylic acids is 1. The molecule has 196 valence electrons. The third-order valence-corrected chi connectivity index (χ3v) is 7.23. The first kappa shape index (κ1) is 26.2. The Morgan fingerprint density at radius 2 is 1.38 bits per heavy atom. The lowest BCUT2D eigenvalue weighted by Crippen LogP contribution is -2.49. The Labute approximate surface area is 218 Å². The number of rotatable bonds is 9. The summed E-state index contributed by atoms with van der Waals surface area (Å²) in [4.78, 5) is 16.9. The van der Waals surface area contributed by atoms with Crippen molar-refractivity contribution in [3.05, 3.63) is 77.9 Å². The molecule has 1 aliphatic heterocycles. The maximum Gasteiger partial charge on any atom is 0.321 e. The SMILES string of the molecule is COc1ccc(CC(=O)N2CCN(c3ccc(NS(=O)(=O)Nc4ccc(C)cc4)cc3)CC2)cc1OC. The number of hydrogen-bond donors (Lipinski definition) is 2. The van der Waals surface area contributed by atoms with E-state index < -0.39 is 10.2 Å². The summed E-state index contributed by atoms with van der Waals surface area (Å²) in [6.07, 6.45) is 0.297. The molecule has 0 bridgehead atoms. The first-order chi connectivity index (χ1) is 17.8. The zero-order chi connectivity index (χ0) is 26.4. The van der Waals surface area contributed by atoms with Gasteiger partial charge in [0.05, 0.1) is 32.0 Å². The Morgan fingerprint density at radius 3 is 1.95 bits per heavy atom. The van der Waals surface area contributed by atoms with Crippen LogP contribution in [0.15, 0.2) is 66.7 Å². The van der Waals surface area contributed by atoms with E-state index in [0.29, 0.717) is 55.5 Å². The molecule has 0 unspecified atom stereocenters. The molecule has 1 aliphatic rings. The van der Waals surface area contributed by atoms with Crippen LogP contribution in [0.1, 0.15) is 11.1 Å². The maximum absolute atomic E-state index is 12.9. The lowest BCUT2D eigenvalue weighted by atomic mass is 10.1. The van der Waals surface area contributed by atoms with Crippen molar-refractivity contribution in [2.24, 2.45) is 0 Å². The predicted octanol–water partition coefficient (Wildman–Crippen LogP) is 3.67. The fourth-order valence-electron chi connectivity index (χ4n) is 4.19. The highest BCUT2D eigenvalue weighted by Gasteiger charge is 2.22. The van der Waals surface area contributed by atoms with Gasteiger partial charge in [-0.2, -0.15) is 8.42 Å². The van der Waals surface area contributed by atoms with Crippen LogP contribution >= 0.6 is 0 Å². The second-order valence-corrected chi connectivity index (χ2v) is 10.3. The van der Waals surface area contributed by atoms with Gasteiger partial charge in [0.1, 0.15) is 0 Å². The number of aryl methyl sites for hydroxylation is 1. The summed E-state index contributed by atoms with van der Waals surface area (Å²) in [6.45, 7) is 4.55. The summed E-state index contributed by atoms with van der Waals surface area (Å²) in [5.41, 5.74) is 3.86. The molecule has 3 aromatic carbocycles. The smallest absolute Gasteiger partial charge is 0.321 e. The number of hydrogen-bond acceptors (Lipinski definition) is 6. The zero-order valence-corrected chi connectivity index (χ0v) is 22.0. The molecule has 0 atom stereocenters. The summed E-state index contributed by atoms with van der Waals surface area (Å²) in [5.74, 6) is 1.31. The normalized spacial score (nSPS) is 13.7. The largest absolute Gasteiger partial charge is 0.493 e. The van der Waals surface area contributed by atoms with Crippen LogP contribution in [0.3, 0.4) is 0 Å². The Morgan fingerprint density at radius 1 is 0.811 bits per heavy atom. The average molecular weight is 525 g/mol. The van der Waals surface area contributed by atoms with Gasteiger partial charge >= 0.3 is 10.2 Å². The highest BCUT2D eigenvalue weighted by Crippen LogP contribution is 2.28. The molecule has 2 N–H and O–H groups in total. The number of anilines is 3. The molecule has 1 saturated heterocycles. The minimum Gasteiger partial charge on any atom is -0.493 e. The monoisotopic (exact) mass is 524 g/mol. The molecular formula is C27H32N4O5S. The lowest BCUT2D eigenvalue weighted by molar-refractivity contribution is -0.130. The number of ether oxygens (including phenoxy) is 2. The Kier molecular flexibility index (Phi) is 8.08. The van der Waals surface area contributed by atoms with Crippen molar-refractivity contribution in [2.45, 2.75) is 13.3 Å². The average Bonchev–Trinajstić information content (AvgIpc) is 2.90. The van der Waals surface area contributed by atoms with Crippen molar-refractivity contribution in [1.82, 2.24) is 4.90 Å². The molecule has 9 nitrogen and oxygen atoms in total. The molecule has 1 amide bonds. The van der Waals surface area contributed by atoms with Gasteiger partial charge in [0.15, 0.2) is 11.5 Å². The summed E-state index contributed by atoms with van der Waals surface area (Å²) in [6, 6.07) is 19.9. The zero-order valence-electron chi connectivity index (χ0n) is 21.2. The Hall–Kier alpha value is -3.92. The molecule has 0 aliphatic carbocycles. The second-order valence-electron chi connectivity index (χ2n) is 8.85. The van der Waals surface area contributed by atoms with Crippen molar-refractivity contribution in [3.8, 4) is 11.5 Å². The van der Waals surface area contributed by atoms with Gasteiger partial charge in [-0.3, -0.25) is 14.2 Å². The molecule has 3 aromatic rings. The molecule has 0 spiro atoms. The fraction of sp³-hybridized carbons (Fsp3) is 0.296. The molecule has 0 saturated carbocycles. The number of piperazine rings is 1. The summed E-state index contributed by atoms with van der Waals surface area (Å²) < 4.78 is 40.6. The first-order valence-electron chi connectivity index (χ1n) is 12.0. The first-order valence-corrected chi connectivity index (χ1v) is 13.5. The fourth-order valence-corrected chi connectivity index (χ4v) is 5.13. The van der Waals surface area contributed by atoms with Crippen LogP contribution in [0.25, 0.3) is 0 Å². The number of amides is 1. The van der Waals surface area contributed by atoms with Crippen molar-refractivity contribution in [3.63, 3.8) is 0 Å². The predicted molar refractivity (Wildman–Crippen MR) is 146 cm³/mol. The topological polar surface area (TPSA) is 100 Å². The van der Waals surface area contributed by atoms with E-state index in [0.717, 1.165) is 16.8 Å². The number of carbonyl (C=O) groups is 1. The van der Waals surface area contributed by atoms with Crippen LogP contribution in [0.4, 0.5) is 17.1 Å². The van der Waals surface area contributed by atoms with E-state index in [1.165, 1.54) is 0 Å². The van der Waals surface area contributed by atoms with E-state index in [4.69, 9.17) is 9.47 Å². The van der Waals surface area contributed by atoms with E-state index >= 15 is 0 Å². The van der Waals surface area contributed by atoms with Gasteiger partial charge in [0.2, 0.25) is 5.91 Å². The molecule has 37 heavy (non-hydrogen) atoms. The van der Waals surface area contributed by atoms with Crippen molar-refractivity contribution < 1.29 is 22.7 Å². The van der Waals surface area contributed by atoms with Gasteiger partial charge in [-0.15, -0.1) is 0 Å². The standard InChI is InChI=1S/C27H32N4O5S/c1-20-4-7-22(8-5-20)28-37(33,34)29-23-9-11-24(12-10-23)30-14-16-31(17-15-30)27(32)19-21-6-13-25(35-2)26(18-21)36-3/h4-13,18,28-29H,14-17,19H2,1-3H3. The van der Waals surface area contributed by atoms with E-state index in [1.54, 1.807) is 38.5 Å². The number of nitrogens with one attached hydrogen (secondary N) is 2. The molecular weight excluding hydrogens is 492 g/mol. The second kappa shape index (κ2) is 11.4.